The normalized spacial score (nSPS) is 11.7. The van der Waals surface area contributed by atoms with Gasteiger partial charge >= 0.3 is 0 Å². The maximum Gasteiger partial charge on any atom is 0.191 e. The van der Waals surface area contributed by atoms with Crippen molar-refractivity contribution in [2.24, 2.45) is 7.05 Å². The summed E-state index contributed by atoms with van der Waals surface area (Å²) in [6.45, 7) is 0. The van der Waals surface area contributed by atoms with Gasteiger partial charge in [0.2, 0.25) is 0 Å². The van der Waals surface area contributed by atoms with Crippen LogP contribution in [0.15, 0.2) is 58.6 Å². The molecule has 0 aliphatic carbocycles. The van der Waals surface area contributed by atoms with Crippen LogP contribution >= 0.6 is 23.4 Å². The molecule has 1 aromatic heterocycles. The van der Waals surface area contributed by atoms with Crippen LogP contribution in [0.3, 0.4) is 0 Å². The molecule has 0 aliphatic heterocycles. The first kappa shape index (κ1) is 18.9. The van der Waals surface area contributed by atoms with Gasteiger partial charge in [-0.2, -0.15) is 0 Å². The van der Waals surface area contributed by atoms with Crippen molar-refractivity contribution < 1.29 is 12.8 Å². The van der Waals surface area contributed by atoms with Crippen molar-refractivity contribution in [1.82, 2.24) is 14.8 Å². The first-order chi connectivity index (χ1) is 12.4. The minimum atomic E-state index is -3.52. The summed E-state index contributed by atoms with van der Waals surface area (Å²) in [5, 5.41) is 8.81. The van der Waals surface area contributed by atoms with Gasteiger partial charge in [-0.1, -0.05) is 47.6 Å². The van der Waals surface area contributed by atoms with Crippen molar-refractivity contribution in [3.05, 3.63) is 70.8 Å². The lowest BCUT2D eigenvalue weighted by Crippen LogP contribution is -2.09. The molecule has 0 radical (unpaired) electrons. The zero-order valence-corrected chi connectivity index (χ0v) is 16.2. The molecule has 136 valence electrons. The van der Waals surface area contributed by atoms with Crippen LogP contribution in [-0.4, -0.2) is 23.2 Å². The molecule has 0 bridgehead atoms. The molecule has 0 fully saturated rings. The maximum atomic E-state index is 13.8. The molecule has 0 saturated carbocycles. The molecule has 1 heterocycles. The van der Waals surface area contributed by atoms with Crippen LogP contribution in [0.2, 0.25) is 5.02 Å². The average molecular weight is 412 g/mol. The largest absolute Gasteiger partial charge is 0.308 e. The number of hydrogen-bond donors (Lipinski definition) is 0. The molecule has 26 heavy (non-hydrogen) atoms. The fraction of sp³-hybridized carbons (Fsp3) is 0.176. The molecule has 2 aromatic carbocycles. The molecule has 0 aliphatic rings. The summed E-state index contributed by atoms with van der Waals surface area (Å²) in [5.41, 5.74) is 0.376. The van der Waals surface area contributed by atoms with E-state index < -0.39 is 9.84 Å². The first-order valence-electron chi connectivity index (χ1n) is 7.60. The van der Waals surface area contributed by atoms with Crippen LogP contribution in [0.4, 0.5) is 4.39 Å². The van der Waals surface area contributed by atoms with Gasteiger partial charge in [0.15, 0.2) is 15.0 Å². The van der Waals surface area contributed by atoms with Gasteiger partial charge in [-0.25, -0.2) is 12.8 Å². The first-order valence-corrected chi connectivity index (χ1v) is 10.6. The number of halogens is 2. The average Bonchev–Trinajstić information content (AvgIpc) is 2.95. The fourth-order valence-electron chi connectivity index (χ4n) is 2.28. The summed E-state index contributed by atoms with van der Waals surface area (Å²) in [6.07, 6.45) is 0. The number of rotatable bonds is 6. The number of thioether (sulfide) groups is 1. The number of nitrogens with zero attached hydrogens (tertiary/aromatic N) is 3. The van der Waals surface area contributed by atoms with Crippen molar-refractivity contribution in [3.63, 3.8) is 0 Å². The number of hydrogen-bond acceptors (Lipinski definition) is 5. The van der Waals surface area contributed by atoms with Crippen LogP contribution < -0.4 is 0 Å². The molecule has 0 amide bonds. The maximum absolute atomic E-state index is 13.8. The van der Waals surface area contributed by atoms with E-state index in [1.165, 1.54) is 17.8 Å². The monoisotopic (exact) mass is 411 g/mol. The molecular weight excluding hydrogens is 397 g/mol. The second kappa shape index (κ2) is 7.77. The summed E-state index contributed by atoms with van der Waals surface area (Å²) in [6, 6.07) is 12.7. The Morgan fingerprint density at radius 1 is 1.12 bits per heavy atom. The minimum absolute atomic E-state index is 0.232. The molecule has 3 rings (SSSR count). The third kappa shape index (κ3) is 4.08. The zero-order chi connectivity index (χ0) is 18.7. The Balaban J connectivity index is 1.76. The van der Waals surface area contributed by atoms with E-state index in [1.807, 2.05) is 0 Å². The van der Waals surface area contributed by atoms with E-state index in [2.05, 4.69) is 10.2 Å². The van der Waals surface area contributed by atoms with Gasteiger partial charge in [0.1, 0.15) is 17.4 Å². The Morgan fingerprint density at radius 2 is 1.85 bits per heavy atom. The van der Waals surface area contributed by atoms with Crippen LogP contribution in [0.1, 0.15) is 11.4 Å². The van der Waals surface area contributed by atoms with Gasteiger partial charge in [0.25, 0.3) is 0 Å². The predicted molar refractivity (Wildman–Crippen MR) is 99.3 cm³/mol. The van der Waals surface area contributed by atoms with E-state index in [0.717, 1.165) is 0 Å². The Labute approximate surface area is 160 Å². The predicted octanol–water partition coefficient (Wildman–Crippen LogP) is 3.87. The second-order valence-electron chi connectivity index (χ2n) is 5.52. The third-order valence-electron chi connectivity index (χ3n) is 3.75. The van der Waals surface area contributed by atoms with Gasteiger partial charge < -0.3 is 4.57 Å². The van der Waals surface area contributed by atoms with Crippen molar-refractivity contribution >= 4 is 33.2 Å². The van der Waals surface area contributed by atoms with E-state index in [1.54, 1.807) is 54.1 Å². The highest BCUT2D eigenvalue weighted by Gasteiger charge is 2.20. The molecule has 9 heteroatoms. The summed E-state index contributed by atoms with van der Waals surface area (Å²) in [7, 11) is -1.84. The van der Waals surface area contributed by atoms with Gasteiger partial charge in [-0.3, -0.25) is 0 Å². The second-order valence-corrected chi connectivity index (χ2v) is 8.86. The van der Waals surface area contributed by atoms with Crippen molar-refractivity contribution in [2.45, 2.75) is 21.6 Å². The van der Waals surface area contributed by atoms with E-state index in [0.29, 0.717) is 21.6 Å². The summed E-state index contributed by atoms with van der Waals surface area (Å²) >= 11 is 7.26. The van der Waals surface area contributed by atoms with Gasteiger partial charge in [-0.05, 0) is 24.3 Å². The number of benzene rings is 2. The minimum Gasteiger partial charge on any atom is -0.308 e. The Morgan fingerprint density at radius 3 is 2.54 bits per heavy atom. The van der Waals surface area contributed by atoms with E-state index >= 15 is 0 Å². The topological polar surface area (TPSA) is 64.8 Å². The highest BCUT2D eigenvalue weighted by molar-refractivity contribution is 7.98. The summed E-state index contributed by atoms with van der Waals surface area (Å²) < 4.78 is 40.4. The van der Waals surface area contributed by atoms with Crippen LogP contribution in [0.5, 0.6) is 0 Å². The smallest absolute Gasteiger partial charge is 0.191 e. The molecule has 0 atom stereocenters. The lowest BCUT2D eigenvalue weighted by Gasteiger charge is -2.07. The number of sulfone groups is 1. The van der Waals surface area contributed by atoms with Crippen LogP contribution in [-0.2, 0) is 28.4 Å². The van der Waals surface area contributed by atoms with Gasteiger partial charge in [0.05, 0.1) is 4.90 Å². The lowest BCUT2D eigenvalue weighted by molar-refractivity contribution is 0.591. The molecular formula is C17H15ClFN3O2S2. The van der Waals surface area contributed by atoms with E-state index in [4.69, 9.17) is 11.6 Å². The quantitative estimate of drug-likeness (QED) is 0.576. The standard InChI is InChI=1S/C17H15ClFN3O2S2/c1-22-16(11-26(23,24)12-6-3-2-4-7-12)20-21-17(22)25-10-13-14(18)8-5-9-15(13)19/h2-9H,10-11H2,1H3. The van der Waals surface area contributed by atoms with E-state index in [-0.39, 0.29) is 22.2 Å². The molecule has 0 spiro atoms. The van der Waals surface area contributed by atoms with Crippen LogP contribution in [0, 0.1) is 5.82 Å². The highest BCUT2D eigenvalue weighted by atomic mass is 35.5. The highest BCUT2D eigenvalue weighted by Crippen LogP contribution is 2.28. The zero-order valence-electron chi connectivity index (χ0n) is 13.8. The molecule has 0 N–H and O–H groups in total. The van der Waals surface area contributed by atoms with E-state index in [9.17, 15) is 12.8 Å². The Kier molecular flexibility index (Phi) is 5.64. The fourth-order valence-corrected chi connectivity index (χ4v) is 4.89. The SMILES string of the molecule is Cn1c(CS(=O)(=O)c2ccccc2)nnc1SCc1c(F)cccc1Cl. The molecule has 0 saturated heterocycles. The Hall–Kier alpha value is -1.90. The molecule has 5 nitrogen and oxygen atoms in total. The lowest BCUT2D eigenvalue weighted by atomic mass is 10.2. The van der Waals surface area contributed by atoms with Crippen LogP contribution in [0.25, 0.3) is 0 Å². The molecule has 3 aromatic rings. The van der Waals surface area contributed by atoms with Crippen molar-refractivity contribution in [2.75, 3.05) is 0 Å². The third-order valence-corrected chi connectivity index (χ3v) is 6.78. The van der Waals surface area contributed by atoms with Gasteiger partial charge in [-0.15, -0.1) is 10.2 Å². The van der Waals surface area contributed by atoms with Gasteiger partial charge in [0, 0.05) is 23.4 Å². The van der Waals surface area contributed by atoms with Crippen molar-refractivity contribution in [3.8, 4) is 0 Å². The summed E-state index contributed by atoms with van der Waals surface area (Å²) in [5.74, 6) is -0.0696. The summed E-state index contributed by atoms with van der Waals surface area (Å²) in [4.78, 5) is 0.232. The Bertz CT molecular complexity index is 1000. The van der Waals surface area contributed by atoms with Crippen molar-refractivity contribution in [1.29, 1.82) is 0 Å². The molecule has 0 unspecified atom stereocenters. The number of aromatic nitrogens is 3.